The molecule has 0 amide bonds. The zero-order valence-electron chi connectivity index (χ0n) is 13.5. The van der Waals surface area contributed by atoms with Gasteiger partial charge in [-0.25, -0.2) is 0 Å². The van der Waals surface area contributed by atoms with Gasteiger partial charge < -0.3 is 24.5 Å². The molecule has 1 saturated heterocycles. The lowest BCUT2D eigenvalue weighted by molar-refractivity contribution is 0.174. The summed E-state index contributed by atoms with van der Waals surface area (Å²) in [5.41, 5.74) is 0.956. The maximum Gasteiger partial charge on any atom is 0.231 e. The molecule has 3 heterocycles. The quantitative estimate of drug-likeness (QED) is 0.665. The molecule has 3 aromatic rings. The Labute approximate surface area is 141 Å². The molecule has 2 aliphatic rings. The molecule has 0 saturated carbocycles. The van der Waals surface area contributed by atoms with Crippen LogP contribution in [-0.4, -0.2) is 33.0 Å². The summed E-state index contributed by atoms with van der Waals surface area (Å²) in [6, 6.07) is 17.5. The fourth-order valence-electron chi connectivity index (χ4n) is 2.35. The maximum absolute atomic E-state index is 5.12. The average molecular weight is 326 g/mol. The Kier molecular flexibility index (Phi) is 6.11. The summed E-state index contributed by atoms with van der Waals surface area (Å²) in [6.45, 7) is 4.92. The van der Waals surface area contributed by atoms with Crippen LogP contribution in [0.2, 0.25) is 0 Å². The molecule has 0 atom stereocenters. The van der Waals surface area contributed by atoms with Crippen LogP contribution in [0.4, 0.5) is 0 Å². The predicted molar refractivity (Wildman–Crippen MR) is 94.5 cm³/mol. The molecule has 0 unspecified atom stereocenters. The number of fused-ring (bicyclic) bond motifs is 2. The van der Waals surface area contributed by atoms with Crippen molar-refractivity contribution in [1.29, 1.82) is 0 Å². The topological polar surface area (TPSA) is 55.7 Å². The van der Waals surface area contributed by atoms with Crippen molar-refractivity contribution in [2.45, 2.75) is 0 Å². The first kappa shape index (κ1) is 16.4. The molecule has 0 spiro atoms. The van der Waals surface area contributed by atoms with Gasteiger partial charge in [-0.05, 0) is 24.3 Å². The van der Waals surface area contributed by atoms with E-state index in [1.165, 1.54) is 0 Å². The summed E-state index contributed by atoms with van der Waals surface area (Å²) in [5.74, 6) is 1.69. The number of nitrogens with one attached hydrogen (secondary N) is 2. The average Bonchev–Trinajstić information content (AvgIpc) is 3.33. The number of rotatable bonds is 0. The SMILES string of the molecule is C1CNCCN1.c1ccc2c(c1)OCO2.c1ccc2occc2c1. The Morgan fingerprint density at radius 3 is 1.83 bits per heavy atom. The van der Waals surface area contributed by atoms with Crippen molar-refractivity contribution in [1.82, 2.24) is 10.6 Å². The van der Waals surface area contributed by atoms with Gasteiger partial charge in [-0.3, -0.25) is 0 Å². The van der Waals surface area contributed by atoms with Gasteiger partial charge in [0.1, 0.15) is 5.58 Å². The number of piperazine rings is 1. The molecule has 0 bridgehead atoms. The highest BCUT2D eigenvalue weighted by atomic mass is 16.7. The number of furan rings is 1. The standard InChI is InChI=1S/C8H6O.C7H6O2.C4H10N2/c1-2-4-8-7(3-1)5-6-9-8;1-2-4-7-6(3-1)8-5-9-7;1-2-6-4-3-5-1/h1-6H;1-4H,5H2;5-6H,1-4H2. The molecule has 0 radical (unpaired) electrons. The molecule has 1 aromatic heterocycles. The third-order valence-corrected chi connectivity index (χ3v) is 3.60. The van der Waals surface area contributed by atoms with E-state index in [0.717, 1.165) is 48.6 Å². The van der Waals surface area contributed by atoms with Crippen LogP contribution in [0.5, 0.6) is 11.5 Å². The molecular weight excluding hydrogens is 304 g/mol. The van der Waals surface area contributed by atoms with Gasteiger partial charge in [-0.2, -0.15) is 0 Å². The lowest BCUT2D eigenvalue weighted by Gasteiger charge is -2.11. The van der Waals surface area contributed by atoms with Crippen molar-refractivity contribution in [2.24, 2.45) is 0 Å². The Morgan fingerprint density at radius 1 is 0.667 bits per heavy atom. The second kappa shape index (κ2) is 8.96. The Bertz CT molecular complexity index is 673. The van der Waals surface area contributed by atoms with E-state index in [1.807, 2.05) is 54.6 Å². The molecule has 0 aliphatic carbocycles. The van der Waals surface area contributed by atoms with Crippen LogP contribution in [0.25, 0.3) is 11.0 Å². The van der Waals surface area contributed by atoms with E-state index in [0.29, 0.717) is 6.79 Å². The van der Waals surface area contributed by atoms with E-state index >= 15 is 0 Å². The van der Waals surface area contributed by atoms with E-state index < -0.39 is 0 Å². The third-order valence-electron chi connectivity index (χ3n) is 3.60. The first-order valence-electron chi connectivity index (χ1n) is 8.12. The highest BCUT2D eigenvalue weighted by Crippen LogP contribution is 2.30. The van der Waals surface area contributed by atoms with E-state index in [9.17, 15) is 0 Å². The number of ether oxygens (including phenoxy) is 2. The van der Waals surface area contributed by atoms with E-state index in [1.54, 1.807) is 6.26 Å². The van der Waals surface area contributed by atoms with Gasteiger partial charge in [0.15, 0.2) is 11.5 Å². The molecule has 24 heavy (non-hydrogen) atoms. The van der Waals surface area contributed by atoms with Crippen LogP contribution in [0, 0.1) is 0 Å². The predicted octanol–water partition coefficient (Wildman–Crippen LogP) is 3.03. The molecule has 2 aliphatic heterocycles. The normalized spacial score (nSPS) is 15.0. The number of hydrogen-bond acceptors (Lipinski definition) is 5. The molecule has 5 heteroatoms. The van der Waals surface area contributed by atoms with Crippen molar-refractivity contribution >= 4 is 11.0 Å². The summed E-state index contributed by atoms with van der Waals surface area (Å²) in [4.78, 5) is 0. The van der Waals surface area contributed by atoms with Crippen LogP contribution in [0.3, 0.4) is 0 Å². The van der Waals surface area contributed by atoms with E-state index in [-0.39, 0.29) is 0 Å². The van der Waals surface area contributed by atoms with Crippen molar-refractivity contribution in [2.75, 3.05) is 33.0 Å². The highest BCUT2D eigenvalue weighted by Gasteiger charge is 2.09. The summed E-state index contributed by atoms with van der Waals surface area (Å²) < 4.78 is 15.3. The van der Waals surface area contributed by atoms with Gasteiger partial charge >= 0.3 is 0 Å². The number of para-hydroxylation sites is 3. The fraction of sp³-hybridized carbons (Fsp3) is 0.263. The van der Waals surface area contributed by atoms with Crippen LogP contribution >= 0.6 is 0 Å². The van der Waals surface area contributed by atoms with E-state index in [2.05, 4.69) is 10.6 Å². The van der Waals surface area contributed by atoms with Gasteiger partial charge in [-0.15, -0.1) is 0 Å². The summed E-state index contributed by atoms with van der Waals surface area (Å²) in [7, 11) is 0. The van der Waals surface area contributed by atoms with Crippen molar-refractivity contribution < 1.29 is 13.9 Å². The van der Waals surface area contributed by atoms with E-state index in [4.69, 9.17) is 13.9 Å². The first-order valence-corrected chi connectivity index (χ1v) is 8.12. The molecular formula is C19H22N2O3. The van der Waals surface area contributed by atoms with Gasteiger partial charge in [0.2, 0.25) is 6.79 Å². The first-order chi connectivity index (χ1) is 11.9. The molecule has 1 fully saturated rings. The van der Waals surface area contributed by atoms with Crippen LogP contribution in [-0.2, 0) is 0 Å². The lowest BCUT2D eigenvalue weighted by Crippen LogP contribution is -2.39. The largest absolute Gasteiger partial charge is 0.464 e. The number of benzene rings is 2. The molecule has 5 nitrogen and oxygen atoms in total. The van der Waals surface area contributed by atoms with Crippen LogP contribution < -0.4 is 20.1 Å². The van der Waals surface area contributed by atoms with Gasteiger partial charge in [0.25, 0.3) is 0 Å². The van der Waals surface area contributed by atoms with Crippen LogP contribution in [0.1, 0.15) is 0 Å². The van der Waals surface area contributed by atoms with Gasteiger partial charge in [0, 0.05) is 31.6 Å². The second-order valence-electron chi connectivity index (χ2n) is 5.31. The lowest BCUT2D eigenvalue weighted by atomic mass is 10.3. The Balaban J connectivity index is 0.000000108. The minimum atomic E-state index is 0.360. The van der Waals surface area contributed by atoms with Gasteiger partial charge in [-0.1, -0.05) is 30.3 Å². The highest BCUT2D eigenvalue weighted by molar-refractivity contribution is 5.76. The Morgan fingerprint density at radius 2 is 1.25 bits per heavy atom. The molecule has 5 rings (SSSR count). The zero-order valence-corrected chi connectivity index (χ0v) is 13.5. The van der Waals surface area contributed by atoms with Gasteiger partial charge in [0.05, 0.1) is 6.26 Å². The smallest absolute Gasteiger partial charge is 0.231 e. The zero-order chi connectivity index (χ0) is 16.5. The van der Waals surface area contributed by atoms with Crippen molar-refractivity contribution in [3.05, 3.63) is 60.9 Å². The summed E-state index contributed by atoms with van der Waals surface area (Å²) >= 11 is 0. The molecule has 2 aromatic carbocycles. The minimum Gasteiger partial charge on any atom is -0.464 e. The van der Waals surface area contributed by atoms with Crippen molar-refractivity contribution in [3.63, 3.8) is 0 Å². The van der Waals surface area contributed by atoms with Crippen LogP contribution in [0.15, 0.2) is 65.3 Å². The van der Waals surface area contributed by atoms with Crippen molar-refractivity contribution in [3.8, 4) is 11.5 Å². The minimum absolute atomic E-state index is 0.360. The maximum atomic E-state index is 5.12. The summed E-state index contributed by atoms with van der Waals surface area (Å²) in [5, 5.41) is 7.61. The fourth-order valence-corrected chi connectivity index (χ4v) is 2.35. The monoisotopic (exact) mass is 326 g/mol. The Hall–Kier alpha value is -2.50. The third kappa shape index (κ3) is 4.75. The summed E-state index contributed by atoms with van der Waals surface area (Å²) in [6.07, 6.45) is 1.70. The molecule has 2 N–H and O–H groups in total. The molecule has 126 valence electrons. The second-order valence-corrected chi connectivity index (χ2v) is 5.31. The number of hydrogen-bond donors (Lipinski definition) is 2.